The van der Waals surface area contributed by atoms with Gasteiger partial charge < -0.3 is 31.3 Å². The van der Waals surface area contributed by atoms with Crippen LogP contribution in [-0.4, -0.2) is 87.0 Å². The van der Waals surface area contributed by atoms with Crippen LogP contribution in [0.1, 0.15) is 67.9 Å². The zero-order valence-electron chi connectivity index (χ0n) is 27.1. The van der Waals surface area contributed by atoms with Gasteiger partial charge in [0.1, 0.15) is 12.1 Å². The van der Waals surface area contributed by atoms with Crippen molar-refractivity contribution in [3.63, 3.8) is 0 Å². The van der Waals surface area contributed by atoms with Crippen LogP contribution < -0.4 is 20.9 Å². The maximum absolute atomic E-state index is 13.1. The number of anilines is 2. The third kappa shape index (κ3) is 12.0. The zero-order chi connectivity index (χ0) is 35.8. The Morgan fingerprint density at radius 3 is 2.19 bits per heavy atom. The zero-order valence-corrected chi connectivity index (χ0v) is 27.9. The van der Waals surface area contributed by atoms with Gasteiger partial charge in [0.25, 0.3) is 0 Å². The van der Waals surface area contributed by atoms with Gasteiger partial charge in [-0.2, -0.15) is 11.8 Å². The number of nitrogens with one attached hydrogen (secondary N) is 3. The molecule has 0 heterocycles. The lowest BCUT2D eigenvalue weighted by molar-refractivity contribution is -0.148. The van der Waals surface area contributed by atoms with E-state index in [1.54, 1.807) is 30.8 Å². The maximum atomic E-state index is 13.1. The van der Waals surface area contributed by atoms with Crippen LogP contribution in [-0.2, 0) is 41.6 Å². The van der Waals surface area contributed by atoms with E-state index in [0.29, 0.717) is 42.6 Å². The first-order valence-electron chi connectivity index (χ1n) is 15.5. The van der Waals surface area contributed by atoms with Gasteiger partial charge in [0, 0.05) is 26.3 Å². The van der Waals surface area contributed by atoms with E-state index in [9.17, 15) is 48.9 Å². The highest BCUT2D eigenvalue weighted by molar-refractivity contribution is 7.99. The Hall–Kier alpha value is -4.92. The molecule has 0 saturated carbocycles. The summed E-state index contributed by atoms with van der Waals surface area (Å²) in [6, 6.07) is 8.28. The van der Waals surface area contributed by atoms with E-state index in [2.05, 4.69) is 16.0 Å². The fourth-order valence-electron chi connectivity index (χ4n) is 4.87. The summed E-state index contributed by atoms with van der Waals surface area (Å²) in [6.45, 7) is 5.19. The molecule has 0 saturated heterocycles. The average Bonchev–Trinajstić information content (AvgIpc) is 3.04. The molecule has 15 heteroatoms. The molecule has 14 nitrogen and oxygen atoms in total. The Morgan fingerprint density at radius 1 is 0.875 bits per heavy atom. The molecule has 2 atom stereocenters. The number of carbonyl (C=O) groups excluding carboxylic acids is 4. The quantitative estimate of drug-likeness (QED) is 0.0932. The molecule has 0 spiro atoms. The SMILES string of the molecule is CCSCC[C@H](NC(=O)CCCCNC(=O)[C@H](Cc1ccc(N(C(=O)C(=O)O)c2ccccc2C(=O)O)c(CC)c1)NC(C)=O)C(=O)O. The lowest BCUT2D eigenvalue weighted by Crippen LogP contribution is -2.47. The summed E-state index contributed by atoms with van der Waals surface area (Å²) in [5.41, 5.74) is 0.840. The van der Waals surface area contributed by atoms with Crippen molar-refractivity contribution in [2.75, 3.05) is 23.0 Å². The van der Waals surface area contributed by atoms with E-state index in [1.807, 2.05) is 6.92 Å². The van der Waals surface area contributed by atoms with E-state index < -0.39 is 53.6 Å². The maximum Gasteiger partial charge on any atom is 0.395 e. The summed E-state index contributed by atoms with van der Waals surface area (Å²) in [7, 11) is 0. The summed E-state index contributed by atoms with van der Waals surface area (Å²) in [5.74, 6) is -5.43. The number of unbranched alkanes of at least 4 members (excludes halogenated alkanes) is 1. The molecular weight excluding hydrogens is 644 g/mol. The minimum atomic E-state index is -1.78. The molecule has 0 bridgehead atoms. The molecule has 2 aromatic carbocycles. The van der Waals surface area contributed by atoms with Crippen LogP contribution in [0.15, 0.2) is 42.5 Å². The summed E-state index contributed by atoms with van der Waals surface area (Å²) in [4.78, 5) is 86.0. The Balaban J connectivity index is 2.13. The lowest BCUT2D eigenvalue weighted by Gasteiger charge is -2.26. The topological polar surface area (TPSA) is 220 Å². The molecule has 0 radical (unpaired) electrons. The van der Waals surface area contributed by atoms with Gasteiger partial charge in [-0.15, -0.1) is 0 Å². The van der Waals surface area contributed by atoms with E-state index in [1.165, 1.54) is 37.3 Å². The number of aryl methyl sites for hydroxylation is 1. The van der Waals surface area contributed by atoms with Crippen molar-refractivity contribution in [2.45, 2.75) is 71.4 Å². The standard InChI is InChI=1S/C33H42N4O10S/c1-4-22-18-21(13-14-26(22)37(30(41)33(46)47)27-11-7-6-10-23(27)31(42)43)19-25(35-20(3)38)29(40)34-16-9-8-12-28(39)36-24(32(44)45)15-17-48-5-2/h6-7,10-11,13-14,18,24-25H,4-5,8-9,12,15-17,19H2,1-3H3,(H,34,40)(H,35,38)(H,36,39)(H,42,43)(H,44,45)(H,46,47)/t24-,25-/m0/s1. The van der Waals surface area contributed by atoms with Crippen molar-refractivity contribution in [3.8, 4) is 0 Å². The van der Waals surface area contributed by atoms with Crippen LogP contribution in [0.25, 0.3) is 0 Å². The summed E-state index contributed by atoms with van der Waals surface area (Å²) < 4.78 is 0. The third-order valence-electron chi connectivity index (χ3n) is 7.18. The predicted molar refractivity (Wildman–Crippen MR) is 179 cm³/mol. The van der Waals surface area contributed by atoms with Gasteiger partial charge >= 0.3 is 23.8 Å². The van der Waals surface area contributed by atoms with Gasteiger partial charge in [-0.25, -0.2) is 14.4 Å². The summed E-state index contributed by atoms with van der Waals surface area (Å²) in [6.07, 6.45) is 1.59. The van der Waals surface area contributed by atoms with Crippen LogP contribution >= 0.6 is 11.8 Å². The summed E-state index contributed by atoms with van der Waals surface area (Å²) >= 11 is 1.59. The van der Waals surface area contributed by atoms with Crippen molar-refractivity contribution >= 4 is 64.7 Å². The number of aromatic carboxylic acids is 1. The van der Waals surface area contributed by atoms with Crippen molar-refractivity contribution in [1.82, 2.24) is 16.0 Å². The first kappa shape index (κ1) is 39.3. The van der Waals surface area contributed by atoms with Gasteiger partial charge in [-0.1, -0.05) is 38.1 Å². The minimum Gasteiger partial charge on any atom is -0.480 e. The number of para-hydroxylation sites is 1. The second kappa shape index (κ2) is 19.7. The number of amides is 4. The number of aliphatic carboxylic acids is 2. The van der Waals surface area contributed by atoms with E-state index >= 15 is 0 Å². The molecule has 4 amide bonds. The number of benzene rings is 2. The molecule has 6 N–H and O–H groups in total. The number of carboxylic acids is 3. The van der Waals surface area contributed by atoms with Gasteiger partial charge in [-0.3, -0.25) is 24.1 Å². The molecule has 48 heavy (non-hydrogen) atoms. The number of hydrogen-bond donors (Lipinski definition) is 6. The predicted octanol–water partition coefficient (Wildman–Crippen LogP) is 2.74. The van der Waals surface area contributed by atoms with Crippen molar-refractivity contribution in [1.29, 1.82) is 0 Å². The van der Waals surface area contributed by atoms with E-state index in [4.69, 9.17) is 0 Å². The van der Waals surface area contributed by atoms with Crippen LogP contribution in [0.4, 0.5) is 11.4 Å². The highest BCUT2D eigenvalue weighted by atomic mass is 32.2. The fourth-order valence-corrected chi connectivity index (χ4v) is 5.56. The minimum absolute atomic E-state index is 0.0482. The van der Waals surface area contributed by atoms with Gasteiger partial charge in [-0.05, 0) is 66.5 Å². The van der Waals surface area contributed by atoms with E-state index in [-0.39, 0.29) is 36.3 Å². The fraction of sp³-hybridized carbons (Fsp3) is 0.424. The van der Waals surface area contributed by atoms with Crippen molar-refractivity contribution < 1.29 is 48.9 Å². The molecule has 0 fully saturated rings. The van der Waals surface area contributed by atoms with Crippen molar-refractivity contribution in [3.05, 3.63) is 59.2 Å². The Kier molecular flexibility index (Phi) is 16.1. The van der Waals surface area contributed by atoms with Gasteiger partial charge in [0.05, 0.1) is 16.9 Å². The largest absolute Gasteiger partial charge is 0.480 e. The number of thioether (sulfide) groups is 1. The lowest BCUT2D eigenvalue weighted by atomic mass is 9.99. The second-order valence-electron chi connectivity index (χ2n) is 10.7. The molecule has 0 unspecified atom stereocenters. The second-order valence-corrected chi connectivity index (χ2v) is 12.1. The number of hydrogen-bond acceptors (Lipinski definition) is 8. The Bertz CT molecular complexity index is 1500. The molecule has 2 aromatic rings. The highest BCUT2D eigenvalue weighted by Gasteiger charge is 2.30. The molecule has 2 rings (SSSR count). The van der Waals surface area contributed by atoms with E-state index in [0.717, 1.165) is 10.7 Å². The molecular formula is C33H42N4O10S. The van der Waals surface area contributed by atoms with Crippen LogP contribution in [0.5, 0.6) is 0 Å². The first-order chi connectivity index (χ1) is 22.8. The Labute approximate surface area is 282 Å². The van der Waals surface area contributed by atoms with Crippen LogP contribution in [0.3, 0.4) is 0 Å². The Morgan fingerprint density at radius 2 is 1.58 bits per heavy atom. The first-order valence-corrected chi connectivity index (χ1v) is 16.6. The monoisotopic (exact) mass is 686 g/mol. The van der Waals surface area contributed by atoms with Crippen molar-refractivity contribution in [2.24, 2.45) is 0 Å². The van der Waals surface area contributed by atoms with Gasteiger partial charge in [0.2, 0.25) is 17.7 Å². The normalized spacial score (nSPS) is 11.9. The smallest absolute Gasteiger partial charge is 0.395 e. The summed E-state index contributed by atoms with van der Waals surface area (Å²) in [5, 5.41) is 36.4. The molecule has 0 aliphatic rings. The molecule has 0 aliphatic carbocycles. The average molecular weight is 687 g/mol. The van der Waals surface area contributed by atoms with Gasteiger partial charge in [0.15, 0.2) is 0 Å². The van der Waals surface area contributed by atoms with Crippen LogP contribution in [0, 0.1) is 0 Å². The molecule has 0 aliphatic heterocycles. The number of carbonyl (C=O) groups is 7. The third-order valence-corrected chi connectivity index (χ3v) is 8.11. The van der Waals surface area contributed by atoms with Crippen LogP contribution in [0.2, 0.25) is 0 Å². The number of carboxylic acid groups (broad SMARTS) is 3. The highest BCUT2D eigenvalue weighted by Crippen LogP contribution is 2.33. The number of nitrogens with zero attached hydrogens (tertiary/aromatic N) is 1. The number of rotatable bonds is 19. The molecule has 260 valence electrons. The molecule has 0 aromatic heterocycles.